The predicted molar refractivity (Wildman–Crippen MR) is 96.0 cm³/mol. The summed E-state index contributed by atoms with van der Waals surface area (Å²) in [5.74, 6) is 1.01. The second-order valence-electron chi connectivity index (χ2n) is 6.11. The van der Waals surface area contributed by atoms with Gasteiger partial charge in [0.1, 0.15) is 0 Å². The zero-order chi connectivity index (χ0) is 17.2. The van der Waals surface area contributed by atoms with E-state index >= 15 is 0 Å². The number of aryl methyl sites for hydroxylation is 2. The maximum Gasteiger partial charge on any atom is 0.278 e. The number of benzene rings is 2. The van der Waals surface area contributed by atoms with Gasteiger partial charge in [0.15, 0.2) is 5.69 Å². The van der Waals surface area contributed by atoms with Gasteiger partial charge >= 0.3 is 0 Å². The van der Waals surface area contributed by atoms with Gasteiger partial charge in [-0.1, -0.05) is 65.3 Å². The Morgan fingerprint density at radius 1 is 0.960 bits per heavy atom. The molecule has 0 aliphatic rings. The Labute approximate surface area is 145 Å². The highest BCUT2D eigenvalue weighted by Gasteiger charge is 2.15. The van der Waals surface area contributed by atoms with Gasteiger partial charge < -0.3 is 4.52 Å². The molecule has 0 atom stereocenters. The molecular formula is C20H18N4O. The largest absolute Gasteiger partial charge is 0.332 e. The molecule has 4 rings (SSSR count). The third kappa shape index (κ3) is 3.21. The molecule has 2 aromatic heterocycles. The molecule has 0 N–H and O–H groups in total. The molecule has 0 amide bonds. The molecule has 2 aromatic carbocycles. The molecule has 0 bridgehead atoms. The minimum Gasteiger partial charge on any atom is -0.332 e. The van der Waals surface area contributed by atoms with Crippen molar-refractivity contribution in [1.29, 1.82) is 0 Å². The smallest absolute Gasteiger partial charge is 0.278 e. The fourth-order valence-electron chi connectivity index (χ4n) is 2.79. The predicted octanol–water partition coefficient (Wildman–Crippen LogP) is 4.27. The third-order valence-electron chi connectivity index (χ3n) is 4.07. The number of nitrogens with zero attached hydrogens (tertiary/aromatic N) is 4. The maximum atomic E-state index is 5.41. The zero-order valence-corrected chi connectivity index (χ0v) is 14.2. The van der Waals surface area contributed by atoms with Crippen molar-refractivity contribution in [2.75, 3.05) is 0 Å². The van der Waals surface area contributed by atoms with Gasteiger partial charge in [-0.3, -0.25) is 4.68 Å². The molecule has 0 saturated heterocycles. The lowest BCUT2D eigenvalue weighted by atomic mass is 10.1. The van der Waals surface area contributed by atoms with Gasteiger partial charge in [0.05, 0.1) is 6.54 Å². The van der Waals surface area contributed by atoms with E-state index in [9.17, 15) is 0 Å². The van der Waals surface area contributed by atoms with Crippen molar-refractivity contribution in [3.8, 4) is 23.0 Å². The van der Waals surface area contributed by atoms with Crippen molar-refractivity contribution in [3.63, 3.8) is 0 Å². The van der Waals surface area contributed by atoms with Crippen molar-refractivity contribution >= 4 is 0 Å². The lowest BCUT2D eigenvalue weighted by molar-refractivity contribution is 0.430. The first-order valence-electron chi connectivity index (χ1n) is 8.18. The summed E-state index contributed by atoms with van der Waals surface area (Å²) in [7, 11) is 0. The fraction of sp³-hybridized carbons (Fsp3) is 0.150. The van der Waals surface area contributed by atoms with Crippen molar-refractivity contribution in [3.05, 3.63) is 77.5 Å². The van der Waals surface area contributed by atoms with Crippen LogP contribution in [0.15, 0.2) is 65.2 Å². The quantitative estimate of drug-likeness (QED) is 0.561. The third-order valence-corrected chi connectivity index (χ3v) is 4.07. The van der Waals surface area contributed by atoms with Crippen molar-refractivity contribution in [1.82, 2.24) is 19.9 Å². The molecule has 0 fully saturated rings. The molecule has 5 heteroatoms. The van der Waals surface area contributed by atoms with Crippen molar-refractivity contribution < 1.29 is 4.52 Å². The van der Waals surface area contributed by atoms with Crippen LogP contribution in [0.3, 0.4) is 0 Å². The molecule has 0 spiro atoms. The van der Waals surface area contributed by atoms with Gasteiger partial charge in [-0.05, 0) is 25.5 Å². The summed E-state index contributed by atoms with van der Waals surface area (Å²) in [5.41, 5.74) is 5.13. The number of rotatable bonds is 4. The van der Waals surface area contributed by atoms with Crippen LogP contribution in [0.4, 0.5) is 0 Å². The van der Waals surface area contributed by atoms with Gasteiger partial charge in [-0.25, -0.2) is 0 Å². The van der Waals surface area contributed by atoms with E-state index in [0.717, 1.165) is 11.3 Å². The Kier molecular flexibility index (Phi) is 3.90. The molecule has 0 unspecified atom stereocenters. The van der Waals surface area contributed by atoms with E-state index in [0.29, 0.717) is 24.0 Å². The van der Waals surface area contributed by atoms with Gasteiger partial charge in [0.25, 0.3) is 5.89 Å². The monoisotopic (exact) mass is 330 g/mol. The first-order chi connectivity index (χ1) is 12.2. The highest BCUT2D eigenvalue weighted by Crippen LogP contribution is 2.22. The Hall–Kier alpha value is -3.21. The summed E-state index contributed by atoms with van der Waals surface area (Å²) in [5, 5.41) is 8.69. The van der Waals surface area contributed by atoms with Crippen LogP contribution in [-0.4, -0.2) is 19.9 Å². The summed E-state index contributed by atoms with van der Waals surface area (Å²) >= 11 is 0. The van der Waals surface area contributed by atoms with Crippen LogP contribution in [-0.2, 0) is 6.54 Å². The second-order valence-corrected chi connectivity index (χ2v) is 6.11. The first-order valence-corrected chi connectivity index (χ1v) is 8.18. The fourth-order valence-corrected chi connectivity index (χ4v) is 2.79. The molecule has 0 aliphatic heterocycles. The van der Waals surface area contributed by atoms with Crippen LogP contribution in [0.5, 0.6) is 0 Å². The highest BCUT2D eigenvalue weighted by molar-refractivity contribution is 5.57. The van der Waals surface area contributed by atoms with E-state index in [1.165, 1.54) is 11.1 Å². The molecule has 4 aromatic rings. The van der Waals surface area contributed by atoms with Crippen molar-refractivity contribution in [2.45, 2.75) is 20.4 Å². The minimum absolute atomic E-state index is 0.435. The van der Waals surface area contributed by atoms with E-state index in [-0.39, 0.29) is 0 Å². The van der Waals surface area contributed by atoms with E-state index in [1.54, 1.807) is 0 Å². The summed E-state index contributed by atoms with van der Waals surface area (Å²) in [4.78, 5) is 4.47. The highest BCUT2D eigenvalue weighted by atomic mass is 16.5. The van der Waals surface area contributed by atoms with Gasteiger partial charge in [0, 0.05) is 11.3 Å². The normalized spacial score (nSPS) is 11.0. The van der Waals surface area contributed by atoms with Crippen LogP contribution < -0.4 is 0 Å². The minimum atomic E-state index is 0.435. The molecule has 0 saturated carbocycles. The molecule has 124 valence electrons. The lowest BCUT2D eigenvalue weighted by Crippen LogP contribution is -2.03. The zero-order valence-electron chi connectivity index (χ0n) is 14.2. The lowest BCUT2D eigenvalue weighted by Gasteiger charge is -2.05. The molecule has 0 radical (unpaired) electrons. The standard InChI is InChI=1S/C20H18N4O/c1-14-7-6-8-16(11-14)13-24-15(2)12-18(22-24)20-21-19(23-25-20)17-9-4-3-5-10-17/h3-12H,13H2,1-2H3. The summed E-state index contributed by atoms with van der Waals surface area (Å²) in [6, 6.07) is 20.2. The SMILES string of the molecule is Cc1cccc(Cn2nc(-c3nc(-c4ccccc4)no3)cc2C)c1. The first kappa shape index (κ1) is 15.3. The van der Waals surface area contributed by atoms with E-state index in [4.69, 9.17) is 4.52 Å². The number of hydrogen-bond donors (Lipinski definition) is 0. The average molecular weight is 330 g/mol. The van der Waals surface area contributed by atoms with Crippen LogP contribution in [0.2, 0.25) is 0 Å². The van der Waals surface area contributed by atoms with Gasteiger partial charge in [-0.2, -0.15) is 10.1 Å². The molecule has 0 aliphatic carbocycles. The topological polar surface area (TPSA) is 56.7 Å². The van der Waals surface area contributed by atoms with Gasteiger partial charge in [-0.15, -0.1) is 0 Å². The molecular weight excluding hydrogens is 312 g/mol. The average Bonchev–Trinajstić information content (AvgIpc) is 3.23. The second kappa shape index (κ2) is 6.36. The van der Waals surface area contributed by atoms with Crippen LogP contribution in [0, 0.1) is 13.8 Å². The van der Waals surface area contributed by atoms with Crippen molar-refractivity contribution in [2.24, 2.45) is 0 Å². The maximum absolute atomic E-state index is 5.41. The molecule has 2 heterocycles. The van der Waals surface area contributed by atoms with Crippen LogP contribution >= 0.6 is 0 Å². The molecule has 5 nitrogen and oxygen atoms in total. The summed E-state index contributed by atoms with van der Waals surface area (Å²) in [6.45, 7) is 4.84. The summed E-state index contributed by atoms with van der Waals surface area (Å²) in [6.07, 6.45) is 0. The summed E-state index contributed by atoms with van der Waals surface area (Å²) < 4.78 is 7.36. The van der Waals surface area contributed by atoms with Gasteiger partial charge in [0.2, 0.25) is 5.82 Å². The van der Waals surface area contributed by atoms with E-state index in [2.05, 4.69) is 46.4 Å². The van der Waals surface area contributed by atoms with E-state index in [1.807, 2.05) is 48.0 Å². The Balaban J connectivity index is 1.61. The Bertz CT molecular complexity index is 1000. The van der Waals surface area contributed by atoms with E-state index < -0.39 is 0 Å². The van der Waals surface area contributed by atoms with Crippen LogP contribution in [0.1, 0.15) is 16.8 Å². The Morgan fingerprint density at radius 3 is 2.60 bits per heavy atom. The van der Waals surface area contributed by atoms with Crippen LogP contribution in [0.25, 0.3) is 23.0 Å². The number of hydrogen-bond acceptors (Lipinski definition) is 4. The Morgan fingerprint density at radius 2 is 1.80 bits per heavy atom. The molecule has 25 heavy (non-hydrogen) atoms. The number of aromatic nitrogens is 4.